The molecule has 0 spiro atoms. The number of nitrogens with zero attached hydrogens (tertiary/aromatic N) is 1. The van der Waals surface area contributed by atoms with Gasteiger partial charge < -0.3 is 9.73 Å². The summed E-state index contributed by atoms with van der Waals surface area (Å²) in [4.78, 5) is 25.1. The summed E-state index contributed by atoms with van der Waals surface area (Å²) in [6.45, 7) is 0.248. The van der Waals surface area contributed by atoms with Crippen molar-refractivity contribution < 1.29 is 14.0 Å². The number of benzene rings is 1. The number of urea groups is 1. The second-order valence-electron chi connectivity index (χ2n) is 4.37. The predicted octanol–water partition coefficient (Wildman–Crippen LogP) is 3.68. The van der Waals surface area contributed by atoms with Crippen LogP contribution in [0.2, 0.25) is 0 Å². The van der Waals surface area contributed by atoms with Gasteiger partial charge in [-0.1, -0.05) is 42.1 Å². The largest absolute Gasteiger partial charge is 0.470 e. The van der Waals surface area contributed by atoms with E-state index < -0.39 is 6.03 Å². The number of amides is 3. The number of hydrogen-bond acceptors (Lipinski definition) is 4. The second-order valence-corrected chi connectivity index (χ2v) is 5.29. The molecule has 5 nitrogen and oxygen atoms in total. The summed E-state index contributed by atoms with van der Waals surface area (Å²) in [6.07, 6.45) is 3.00. The maximum atomic E-state index is 12.1. The van der Waals surface area contributed by atoms with Crippen LogP contribution in [-0.2, 0) is 12.3 Å². The number of imide groups is 1. The standard InChI is InChI=1S/C14H12N2O3S/c17-13-15-12-8-19-7-11(12)6-16(13)14(18)20-9-10-4-2-1-3-5-10/h1-5,7-8H,6,9H2,(H,15,17). The minimum Gasteiger partial charge on any atom is -0.470 e. The molecular weight excluding hydrogens is 276 g/mol. The molecule has 0 unspecified atom stereocenters. The Morgan fingerprint density at radius 1 is 1.30 bits per heavy atom. The average molecular weight is 288 g/mol. The van der Waals surface area contributed by atoms with Crippen molar-refractivity contribution in [2.45, 2.75) is 12.3 Å². The van der Waals surface area contributed by atoms with Crippen molar-refractivity contribution in [3.05, 3.63) is 54.0 Å². The fraction of sp³-hybridized carbons (Fsp3) is 0.143. The number of fused-ring (bicyclic) bond motifs is 1. The lowest BCUT2D eigenvalue weighted by molar-refractivity contribution is 0.205. The van der Waals surface area contributed by atoms with Crippen molar-refractivity contribution in [3.8, 4) is 0 Å². The molecular formula is C14H12N2O3S. The van der Waals surface area contributed by atoms with E-state index in [4.69, 9.17) is 4.42 Å². The van der Waals surface area contributed by atoms with Crippen molar-refractivity contribution in [1.82, 2.24) is 4.90 Å². The van der Waals surface area contributed by atoms with Gasteiger partial charge in [0.1, 0.15) is 6.26 Å². The zero-order valence-electron chi connectivity index (χ0n) is 10.5. The first-order valence-electron chi connectivity index (χ1n) is 6.08. The van der Waals surface area contributed by atoms with E-state index in [0.29, 0.717) is 11.4 Å². The van der Waals surface area contributed by atoms with E-state index in [2.05, 4.69) is 5.32 Å². The van der Waals surface area contributed by atoms with E-state index in [-0.39, 0.29) is 11.8 Å². The molecule has 0 radical (unpaired) electrons. The minimum absolute atomic E-state index is 0.248. The number of thioether (sulfide) groups is 1. The third kappa shape index (κ3) is 2.55. The van der Waals surface area contributed by atoms with Gasteiger partial charge in [-0.15, -0.1) is 0 Å². The van der Waals surface area contributed by atoms with Crippen LogP contribution in [0.15, 0.2) is 47.3 Å². The van der Waals surface area contributed by atoms with Gasteiger partial charge >= 0.3 is 6.03 Å². The van der Waals surface area contributed by atoms with Crippen LogP contribution in [0.25, 0.3) is 0 Å². The lowest BCUT2D eigenvalue weighted by Crippen LogP contribution is -2.40. The number of hydrogen-bond donors (Lipinski definition) is 1. The minimum atomic E-state index is -0.413. The number of furan rings is 1. The summed E-state index contributed by atoms with van der Waals surface area (Å²) in [5, 5.41) is 2.36. The average Bonchev–Trinajstić information content (AvgIpc) is 2.92. The molecule has 20 heavy (non-hydrogen) atoms. The number of rotatable bonds is 2. The Kier molecular flexibility index (Phi) is 3.47. The molecule has 0 aliphatic carbocycles. The van der Waals surface area contributed by atoms with Crippen LogP contribution >= 0.6 is 11.8 Å². The first-order valence-corrected chi connectivity index (χ1v) is 7.07. The maximum absolute atomic E-state index is 12.1. The first-order chi connectivity index (χ1) is 9.74. The molecule has 102 valence electrons. The molecule has 3 rings (SSSR count). The van der Waals surface area contributed by atoms with Crippen molar-refractivity contribution in [2.24, 2.45) is 0 Å². The smallest absolute Gasteiger partial charge is 0.329 e. The highest BCUT2D eigenvalue weighted by molar-refractivity contribution is 8.12. The van der Waals surface area contributed by atoms with E-state index in [0.717, 1.165) is 22.9 Å². The Bertz CT molecular complexity index is 639. The highest BCUT2D eigenvalue weighted by Gasteiger charge is 2.29. The van der Waals surface area contributed by atoms with Crippen molar-refractivity contribution in [1.29, 1.82) is 0 Å². The number of anilines is 1. The summed E-state index contributed by atoms with van der Waals surface area (Å²) >= 11 is 1.11. The van der Waals surface area contributed by atoms with Crippen LogP contribution in [-0.4, -0.2) is 16.2 Å². The van der Waals surface area contributed by atoms with E-state index in [1.165, 1.54) is 17.4 Å². The molecule has 0 saturated carbocycles. The summed E-state index contributed by atoms with van der Waals surface area (Å²) < 4.78 is 5.01. The van der Waals surface area contributed by atoms with Gasteiger partial charge in [-0.3, -0.25) is 9.69 Å². The highest BCUT2D eigenvalue weighted by atomic mass is 32.2. The van der Waals surface area contributed by atoms with Crippen LogP contribution in [0.1, 0.15) is 11.1 Å². The number of carbonyl (C=O) groups is 2. The van der Waals surface area contributed by atoms with Gasteiger partial charge in [-0.2, -0.15) is 0 Å². The zero-order valence-corrected chi connectivity index (χ0v) is 11.4. The van der Waals surface area contributed by atoms with Crippen LogP contribution in [0.3, 0.4) is 0 Å². The van der Waals surface area contributed by atoms with Crippen molar-refractivity contribution >= 4 is 28.7 Å². The first kappa shape index (κ1) is 12.8. The Labute approximate surface area is 119 Å². The van der Waals surface area contributed by atoms with Crippen molar-refractivity contribution in [3.63, 3.8) is 0 Å². The Morgan fingerprint density at radius 3 is 2.90 bits per heavy atom. The molecule has 3 amide bonds. The molecule has 0 saturated heterocycles. The quantitative estimate of drug-likeness (QED) is 0.915. The van der Waals surface area contributed by atoms with Gasteiger partial charge in [-0.25, -0.2) is 4.79 Å². The third-order valence-corrected chi connectivity index (χ3v) is 3.93. The molecule has 0 bridgehead atoms. The van der Waals surface area contributed by atoms with E-state index in [9.17, 15) is 9.59 Å². The predicted molar refractivity (Wildman–Crippen MR) is 76.4 cm³/mol. The fourth-order valence-electron chi connectivity index (χ4n) is 1.93. The summed E-state index contributed by atoms with van der Waals surface area (Å²) in [7, 11) is 0. The van der Waals surface area contributed by atoms with Crippen molar-refractivity contribution in [2.75, 3.05) is 5.32 Å². The summed E-state index contributed by atoms with van der Waals surface area (Å²) in [5.41, 5.74) is 2.48. The second kappa shape index (κ2) is 5.42. The van der Waals surface area contributed by atoms with Gasteiger partial charge in [0, 0.05) is 11.3 Å². The summed E-state index contributed by atoms with van der Waals surface area (Å²) in [5.74, 6) is 0.543. The highest BCUT2D eigenvalue weighted by Crippen LogP contribution is 2.27. The fourth-order valence-corrected chi connectivity index (χ4v) is 2.71. The SMILES string of the molecule is O=C1Nc2cocc2CN1C(=O)SCc1ccccc1. The molecule has 1 aromatic carbocycles. The molecule has 0 fully saturated rings. The lowest BCUT2D eigenvalue weighted by atomic mass is 10.2. The summed E-state index contributed by atoms with van der Waals surface area (Å²) in [6, 6.07) is 9.26. The van der Waals surface area contributed by atoms with Gasteiger partial charge in [0.15, 0.2) is 0 Å². The van der Waals surface area contributed by atoms with Gasteiger partial charge in [0.05, 0.1) is 18.5 Å². The monoisotopic (exact) mass is 288 g/mol. The van der Waals surface area contributed by atoms with Crippen LogP contribution in [0.4, 0.5) is 15.3 Å². The van der Waals surface area contributed by atoms with Crippen LogP contribution < -0.4 is 5.32 Å². The molecule has 1 aliphatic rings. The molecule has 1 N–H and O–H groups in total. The number of nitrogens with one attached hydrogen (secondary N) is 1. The van der Waals surface area contributed by atoms with E-state index in [1.54, 1.807) is 0 Å². The molecule has 0 atom stereocenters. The molecule has 2 aromatic rings. The van der Waals surface area contributed by atoms with Gasteiger partial charge in [0.25, 0.3) is 5.24 Å². The van der Waals surface area contributed by atoms with E-state index >= 15 is 0 Å². The molecule has 6 heteroatoms. The van der Waals surface area contributed by atoms with Gasteiger partial charge in [0.2, 0.25) is 0 Å². The Morgan fingerprint density at radius 2 is 2.10 bits per heavy atom. The molecule has 2 heterocycles. The van der Waals surface area contributed by atoms with Gasteiger partial charge in [-0.05, 0) is 5.56 Å². The van der Waals surface area contributed by atoms with E-state index in [1.807, 2.05) is 30.3 Å². The third-order valence-electron chi connectivity index (χ3n) is 2.98. The molecule has 1 aromatic heterocycles. The topological polar surface area (TPSA) is 62.6 Å². The molecule has 1 aliphatic heterocycles. The Hall–Kier alpha value is -2.21. The lowest BCUT2D eigenvalue weighted by Gasteiger charge is -2.24. The maximum Gasteiger partial charge on any atom is 0.329 e. The zero-order chi connectivity index (χ0) is 13.9. The Balaban J connectivity index is 1.64. The van der Waals surface area contributed by atoms with Crippen LogP contribution in [0, 0.1) is 0 Å². The van der Waals surface area contributed by atoms with Crippen LogP contribution in [0.5, 0.6) is 0 Å². The normalized spacial score (nSPS) is 13.8. The number of carbonyl (C=O) groups excluding carboxylic acids is 2.